The summed E-state index contributed by atoms with van der Waals surface area (Å²) >= 11 is 0. The molecule has 0 spiro atoms. The second-order valence-electron chi connectivity index (χ2n) is 12.5. The normalized spacial score (nSPS) is 23.9. The molecule has 234 valence electrons. The number of benzene rings is 2. The lowest BCUT2D eigenvalue weighted by molar-refractivity contribution is -0.148. The Balaban J connectivity index is 1.23. The molecular formula is C35H42FN3O5. The van der Waals surface area contributed by atoms with E-state index in [1.165, 1.54) is 0 Å². The van der Waals surface area contributed by atoms with Gasteiger partial charge in [0.2, 0.25) is 0 Å². The van der Waals surface area contributed by atoms with Crippen LogP contribution in [0, 0.1) is 18.2 Å². The number of hydrogen-bond acceptors (Lipinski definition) is 7. The number of carbonyl (C=O) groups is 1. The highest BCUT2D eigenvalue weighted by Gasteiger charge is 2.50. The molecule has 1 N–H and O–H groups in total. The van der Waals surface area contributed by atoms with Gasteiger partial charge in [-0.2, -0.15) is 0 Å². The van der Waals surface area contributed by atoms with Gasteiger partial charge >= 0.3 is 5.97 Å². The molecule has 2 fully saturated rings. The third-order valence-corrected chi connectivity index (χ3v) is 9.84. The Labute approximate surface area is 258 Å². The lowest BCUT2D eigenvalue weighted by Gasteiger charge is -2.32. The molecule has 4 heterocycles. The third kappa shape index (κ3) is 5.80. The van der Waals surface area contributed by atoms with Gasteiger partial charge in [0.15, 0.2) is 0 Å². The molecule has 1 aromatic heterocycles. The summed E-state index contributed by atoms with van der Waals surface area (Å²) in [6.07, 6.45) is 3.06. The van der Waals surface area contributed by atoms with Gasteiger partial charge in [0, 0.05) is 50.5 Å². The number of carboxylic acid groups (broad SMARTS) is 1. The summed E-state index contributed by atoms with van der Waals surface area (Å²) in [6.45, 7) is 8.04. The highest BCUT2D eigenvalue weighted by atomic mass is 19.1. The molecular weight excluding hydrogens is 561 g/mol. The number of aryl methyl sites for hydroxylation is 1. The van der Waals surface area contributed by atoms with Gasteiger partial charge < -0.3 is 24.2 Å². The number of aliphatic carboxylic acids is 1. The Morgan fingerprint density at radius 1 is 1.14 bits per heavy atom. The molecule has 0 amide bonds. The summed E-state index contributed by atoms with van der Waals surface area (Å²) in [5.41, 5.74) is 3.93. The largest absolute Gasteiger partial charge is 0.488 e. The first-order valence-corrected chi connectivity index (χ1v) is 15.6. The number of hydrogen-bond donors (Lipinski definition) is 1. The van der Waals surface area contributed by atoms with Crippen LogP contribution in [-0.2, 0) is 33.7 Å². The molecule has 9 heteroatoms. The van der Waals surface area contributed by atoms with Crippen LogP contribution in [0.25, 0.3) is 11.3 Å². The Bertz CT molecular complexity index is 1510. The van der Waals surface area contributed by atoms with Gasteiger partial charge in [0.1, 0.15) is 24.0 Å². The molecule has 3 aliphatic heterocycles. The van der Waals surface area contributed by atoms with Crippen LogP contribution in [0.1, 0.15) is 42.0 Å². The smallest absolute Gasteiger partial charge is 0.311 e. The second kappa shape index (κ2) is 12.8. The van der Waals surface area contributed by atoms with Crippen molar-refractivity contribution in [2.75, 3.05) is 51.5 Å². The van der Waals surface area contributed by atoms with E-state index in [1.807, 2.05) is 54.3 Å². The number of aromatic nitrogens is 1. The number of halogens is 1. The zero-order chi connectivity index (χ0) is 30.8. The van der Waals surface area contributed by atoms with Crippen LogP contribution in [0.3, 0.4) is 0 Å². The fourth-order valence-electron chi connectivity index (χ4n) is 7.04. The van der Waals surface area contributed by atoms with Crippen LogP contribution in [-0.4, -0.2) is 79.6 Å². The van der Waals surface area contributed by atoms with E-state index in [-0.39, 0.29) is 25.1 Å². The van der Waals surface area contributed by atoms with E-state index in [0.717, 1.165) is 61.4 Å². The number of pyridine rings is 1. The standard InChI is InChI=1S/C35H42FN3O5/c1-23-6-4-7-28(29-8-5-9-31(37-29)39-18-15-35(2,34(40)41)30(39)22-42-3)33(23)44-20-25-11-10-24-12-16-38(26-14-19-43-21-26)17-13-27(24)32(25)36/h4-11,26,30H,12-22H2,1-3H3,(H,40,41)/t26?,30-,35-/m1/s1. The second-order valence-corrected chi connectivity index (χ2v) is 12.5. The molecule has 2 aromatic carbocycles. The predicted octanol–water partition coefficient (Wildman–Crippen LogP) is 5.28. The van der Waals surface area contributed by atoms with E-state index in [4.69, 9.17) is 19.2 Å². The number of para-hydroxylation sites is 1. The summed E-state index contributed by atoms with van der Waals surface area (Å²) in [5.74, 6) is 0.349. The van der Waals surface area contributed by atoms with Gasteiger partial charge in [-0.25, -0.2) is 9.37 Å². The molecule has 0 bridgehead atoms. The van der Waals surface area contributed by atoms with Crippen molar-refractivity contribution in [3.63, 3.8) is 0 Å². The Hall–Kier alpha value is -3.53. The first-order valence-electron chi connectivity index (χ1n) is 15.6. The number of nitrogens with zero attached hydrogens (tertiary/aromatic N) is 3. The van der Waals surface area contributed by atoms with Crippen molar-refractivity contribution in [3.05, 3.63) is 76.6 Å². The fourth-order valence-corrected chi connectivity index (χ4v) is 7.04. The zero-order valence-corrected chi connectivity index (χ0v) is 25.9. The monoisotopic (exact) mass is 603 g/mol. The maximum absolute atomic E-state index is 15.9. The highest BCUT2D eigenvalue weighted by molar-refractivity contribution is 5.77. The average Bonchev–Trinajstić information content (AvgIpc) is 3.62. The Morgan fingerprint density at radius 2 is 1.95 bits per heavy atom. The van der Waals surface area contributed by atoms with Crippen LogP contribution >= 0.6 is 0 Å². The first kappa shape index (κ1) is 30.5. The van der Waals surface area contributed by atoms with E-state index in [1.54, 1.807) is 14.0 Å². The fraction of sp³-hybridized carbons (Fsp3) is 0.486. The van der Waals surface area contributed by atoms with Gasteiger partial charge in [0.05, 0.1) is 30.4 Å². The molecule has 6 rings (SSSR count). The average molecular weight is 604 g/mol. The highest BCUT2D eigenvalue weighted by Crippen LogP contribution is 2.41. The van der Waals surface area contributed by atoms with Crippen molar-refractivity contribution in [1.29, 1.82) is 0 Å². The van der Waals surface area contributed by atoms with Crippen LogP contribution in [0.2, 0.25) is 0 Å². The van der Waals surface area contributed by atoms with Crippen LogP contribution in [0.15, 0.2) is 48.5 Å². The minimum Gasteiger partial charge on any atom is -0.488 e. The maximum Gasteiger partial charge on any atom is 0.311 e. The molecule has 8 nitrogen and oxygen atoms in total. The lowest BCUT2D eigenvalue weighted by atomic mass is 9.83. The van der Waals surface area contributed by atoms with Crippen molar-refractivity contribution < 1.29 is 28.5 Å². The van der Waals surface area contributed by atoms with E-state index in [0.29, 0.717) is 48.3 Å². The molecule has 3 atom stereocenters. The summed E-state index contributed by atoms with van der Waals surface area (Å²) in [5, 5.41) is 9.99. The summed E-state index contributed by atoms with van der Waals surface area (Å²) in [7, 11) is 1.59. The minimum atomic E-state index is -0.938. The topological polar surface area (TPSA) is 84.4 Å². The molecule has 2 saturated heterocycles. The SMILES string of the molecule is COC[C@H]1N(c2cccc(-c3cccc(C)c3OCc3ccc4c(c3F)CCN(C3CCOC3)CC4)n2)CC[C@@]1(C)C(=O)O. The van der Waals surface area contributed by atoms with Gasteiger partial charge in [-0.05, 0) is 74.4 Å². The molecule has 0 saturated carbocycles. The van der Waals surface area contributed by atoms with E-state index in [9.17, 15) is 9.90 Å². The predicted molar refractivity (Wildman–Crippen MR) is 167 cm³/mol. The van der Waals surface area contributed by atoms with Crippen LogP contribution in [0.5, 0.6) is 5.75 Å². The number of ether oxygens (including phenoxy) is 3. The van der Waals surface area contributed by atoms with Crippen molar-refractivity contribution in [3.8, 4) is 17.0 Å². The Kier molecular flexibility index (Phi) is 8.89. The summed E-state index contributed by atoms with van der Waals surface area (Å²) < 4.78 is 33.3. The molecule has 0 radical (unpaired) electrons. The summed E-state index contributed by atoms with van der Waals surface area (Å²) in [4.78, 5) is 21.6. The maximum atomic E-state index is 15.9. The number of carboxylic acids is 1. The number of fused-ring (bicyclic) bond motifs is 1. The first-order chi connectivity index (χ1) is 21.3. The van der Waals surface area contributed by atoms with Gasteiger partial charge in [-0.15, -0.1) is 0 Å². The molecule has 3 aromatic rings. The molecule has 3 aliphatic rings. The third-order valence-electron chi connectivity index (χ3n) is 9.84. The van der Waals surface area contributed by atoms with E-state index >= 15 is 4.39 Å². The van der Waals surface area contributed by atoms with Crippen molar-refractivity contribution in [2.45, 2.75) is 58.2 Å². The van der Waals surface area contributed by atoms with Gasteiger partial charge in [-0.3, -0.25) is 9.69 Å². The van der Waals surface area contributed by atoms with E-state index < -0.39 is 11.4 Å². The minimum absolute atomic E-state index is 0.107. The zero-order valence-electron chi connectivity index (χ0n) is 25.9. The van der Waals surface area contributed by atoms with Crippen LogP contribution < -0.4 is 9.64 Å². The number of rotatable bonds is 9. The molecule has 44 heavy (non-hydrogen) atoms. The number of methoxy groups -OCH3 is 1. The van der Waals surface area contributed by atoms with E-state index in [2.05, 4.69) is 11.0 Å². The lowest BCUT2D eigenvalue weighted by Crippen LogP contribution is -2.46. The van der Waals surface area contributed by atoms with Crippen LogP contribution in [0.4, 0.5) is 10.2 Å². The number of anilines is 1. The molecule has 1 unspecified atom stereocenters. The van der Waals surface area contributed by atoms with Crippen molar-refractivity contribution >= 4 is 11.8 Å². The molecule has 0 aliphatic carbocycles. The summed E-state index contributed by atoms with van der Waals surface area (Å²) in [6, 6.07) is 15.7. The van der Waals surface area contributed by atoms with Crippen molar-refractivity contribution in [2.24, 2.45) is 5.41 Å². The van der Waals surface area contributed by atoms with Gasteiger partial charge in [0.25, 0.3) is 0 Å². The van der Waals surface area contributed by atoms with Crippen molar-refractivity contribution in [1.82, 2.24) is 9.88 Å². The Morgan fingerprint density at radius 3 is 2.73 bits per heavy atom. The quantitative estimate of drug-likeness (QED) is 0.354. The van der Waals surface area contributed by atoms with Gasteiger partial charge in [-0.1, -0.05) is 30.3 Å².